The van der Waals surface area contributed by atoms with Crippen molar-refractivity contribution in [1.29, 1.82) is 0 Å². The normalized spacial score (nSPS) is 14.0. The van der Waals surface area contributed by atoms with Crippen LogP contribution in [0.15, 0.2) is 54.6 Å². The Morgan fingerprint density at radius 3 is 2.68 bits per heavy atom. The first-order chi connectivity index (χ1) is 13.5. The number of anilines is 2. The van der Waals surface area contributed by atoms with Crippen molar-refractivity contribution < 1.29 is 9.59 Å². The number of nitrogens with zero attached hydrogens (tertiary/aromatic N) is 3. The lowest BCUT2D eigenvalue weighted by Crippen LogP contribution is -2.37. The van der Waals surface area contributed by atoms with E-state index in [0.717, 1.165) is 22.3 Å². The predicted octanol–water partition coefficient (Wildman–Crippen LogP) is 4.08. The molecule has 0 spiro atoms. The highest BCUT2D eigenvalue weighted by Gasteiger charge is 2.30. The van der Waals surface area contributed by atoms with E-state index >= 15 is 0 Å². The van der Waals surface area contributed by atoms with Crippen LogP contribution < -0.4 is 10.2 Å². The van der Waals surface area contributed by atoms with Gasteiger partial charge >= 0.3 is 6.03 Å². The lowest BCUT2D eigenvalue weighted by Gasteiger charge is -2.19. The van der Waals surface area contributed by atoms with E-state index in [1.165, 1.54) is 0 Å². The SMILES string of the molecule is Cc1cc(NC(=O)CN2CCN(c3ccc(Cl)cc3)C2=O)c2ccccc2n1. The molecule has 142 valence electrons. The van der Waals surface area contributed by atoms with Crippen molar-refractivity contribution in [3.8, 4) is 0 Å². The number of amides is 3. The van der Waals surface area contributed by atoms with E-state index in [1.807, 2.05) is 37.3 Å². The zero-order valence-corrected chi connectivity index (χ0v) is 16.1. The Balaban J connectivity index is 1.46. The van der Waals surface area contributed by atoms with Gasteiger partial charge in [-0.05, 0) is 43.3 Å². The lowest BCUT2D eigenvalue weighted by molar-refractivity contribution is -0.116. The Morgan fingerprint density at radius 2 is 1.89 bits per heavy atom. The molecule has 0 radical (unpaired) electrons. The Kier molecular flexibility index (Phi) is 4.88. The Morgan fingerprint density at radius 1 is 1.14 bits per heavy atom. The molecular formula is C21H19ClN4O2. The Hall–Kier alpha value is -3.12. The summed E-state index contributed by atoms with van der Waals surface area (Å²) in [6, 6.07) is 16.4. The van der Waals surface area contributed by atoms with Crippen LogP contribution in [0.1, 0.15) is 5.69 Å². The third kappa shape index (κ3) is 3.64. The molecule has 1 fully saturated rings. The maximum Gasteiger partial charge on any atom is 0.325 e. The molecule has 2 aromatic carbocycles. The quantitative estimate of drug-likeness (QED) is 0.725. The molecule has 6 nitrogen and oxygen atoms in total. The topological polar surface area (TPSA) is 65.5 Å². The highest BCUT2D eigenvalue weighted by Crippen LogP contribution is 2.24. The number of aryl methyl sites for hydroxylation is 1. The minimum absolute atomic E-state index is 0.00137. The molecule has 0 bridgehead atoms. The molecule has 3 aromatic rings. The summed E-state index contributed by atoms with van der Waals surface area (Å²) in [6.07, 6.45) is 0. The number of hydrogen-bond donors (Lipinski definition) is 1. The molecule has 0 saturated carbocycles. The van der Waals surface area contributed by atoms with Crippen molar-refractivity contribution in [3.05, 3.63) is 65.3 Å². The second-order valence-electron chi connectivity index (χ2n) is 6.71. The van der Waals surface area contributed by atoms with Gasteiger partial charge < -0.3 is 10.2 Å². The molecular weight excluding hydrogens is 376 g/mol. The number of carbonyl (C=O) groups excluding carboxylic acids is 2. The van der Waals surface area contributed by atoms with Crippen LogP contribution in [0.4, 0.5) is 16.2 Å². The van der Waals surface area contributed by atoms with Crippen LogP contribution in [0.5, 0.6) is 0 Å². The smallest absolute Gasteiger partial charge is 0.324 e. The molecule has 0 unspecified atom stereocenters. The van der Waals surface area contributed by atoms with Gasteiger partial charge in [-0.3, -0.25) is 14.7 Å². The maximum absolute atomic E-state index is 12.7. The summed E-state index contributed by atoms with van der Waals surface area (Å²) < 4.78 is 0. The fourth-order valence-electron chi connectivity index (χ4n) is 3.36. The number of urea groups is 1. The number of para-hydroxylation sites is 1. The van der Waals surface area contributed by atoms with Gasteiger partial charge in [-0.15, -0.1) is 0 Å². The van der Waals surface area contributed by atoms with Gasteiger partial charge in [0.2, 0.25) is 5.91 Å². The van der Waals surface area contributed by atoms with Gasteiger partial charge in [-0.2, -0.15) is 0 Å². The minimum Gasteiger partial charge on any atom is -0.324 e. The van der Waals surface area contributed by atoms with Gasteiger partial charge in [0, 0.05) is 34.9 Å². The van der Waals surface area contributed by atoms with Crippen LogP contribution in [0.25, 0.3) is 10.9 Å². The van der Waals surface area contributed by atoms with Crippen LogP contribution in [-0.2, 0) is 4.79 Å². The molecule has 4 rings (SSSR count). The fourth-order valence-corrected chi connectivity index (χ4v) is 3.49. The number of aromatic nitrogens is 1. The highest BCUT2D eigenvalue weighted by atomic mass is 35.5. The average Bonchev–Trinajstić information content (AvgIpc) is 3.02. The van der Waals surface area contributed by atoms with Crippen molar-refractivity contribution in [1.82, 2.24) is 9.88 Å². The van der Waals surface area contributed by atoms with E-state index in [0.29, 0.717) is 23.8 Å². The molecule has 3 amide bonds. The van der Waals surface area contributed by atoms with E-state index in [2.05, 4.69) is 10.3 Å². The molecule has 1 N–H and O–H groups in total. The highest BCUT2D eigenvalue weighted by molar-refractivity contribution is 6.30. The van der Waals surface area contributed by atoms with Gasteiger partial charge in [-0.25, -0.2) is 4.79 Å². The van der Waals surface area contributed by atoms with Crippen LogP contribution in [-0.4, -0.2) is 41.5 Å². The van der Waals surface area contributed by atoms with Crippen LogP contribution in [0.3, 0.4) is 0 Å². The van der Waals surface area contributed by atoms with E-state index < -0.39 is 0 Å². The molecule has 28 heavy (non-hydrogen) atoms. The van der Waals surface area contributed by atoms with Crippen molar-refractivity contribution in [3.63, 3.8) is 0 Å². The second kappa shape index (κ2) is 7.48. The van der Waals surface area contributed by atoms with Gasteiger partial charge in [0.1, 0.15) is 6.54 Å². The van der Waals surface area contributed by atoms with Gasteiger partial charge in [0.15, 0.2) is 0 Å². The van der Waals surface area contributed by atoms with E-state index in [-0.39, 0.29) is 18.5 Å². The zero-order valence-electron chi connectivity index (χ0n) is 15.4. The third-order valence-electron chi connectivity index (χ3n) is 4.69. The predicted molar refractivity (Wildman–Crippen MR) is 111 cm³/mol. The van der Waals surface area contributed by atoms with E-state index in [1.54, 1.807) is 34.1 Å². The third-order valence-corrected chi connectivity index (χ3v) is 4.94. The lowest BCUT2D eigenvalue weighted by atomic mass is 10.1. The monoisotopic (exact) mass is 394 g/mol. The second-order valence-corrected chi connectivity index (χ2v) is 7.15. The van der Waals surface area contributed by atoms with Crippen molar-refractivity contribution >= 4 is 45.8 Å². The van der Waals surface area contributed by atoms with Crippen molar-refractivity contribution in [2.45, 2.75) is 6.92 Å². The Bertz CT molecular complexity index is 1050. The van der Waals surface area contributed by atoms with E-state index in [4.69, 9.17) is 11.6 Å². The summed E-state index contributed by atoms with van der Waals surface area (Å²) >= 11 is 5.91. The number of halogens is 1. The fraction of sp³-hybridized carbons (Fsp3) is 0.190. The largest absolute Gasteiger partial charge is 0.325 e. The van der Waals surface area contributed by atoms with Gasteiger partial charge in [0.05, 0.1) is 11.2 Å². The van der Waals surface area contributed by atoms with Crippen molar-refractivity contribution in [2.24, 2.45) is 0 Å². The first-order valence-electron chi connectivity index (χ1n) is 8.99. The standard InChI is InChI=1S/C21H19ClN4O2/c1-14-12-19(17-4-2-3-5-18(17)23-14)24-20(27)13-25-10-11-26(21(25)28)16-8-6-15(22)7-9-16/h2-9,12H,10-11,13H2,1H3,(H,23,24,27). The molecule has 1 aromatic heterocycles. The molecule has 1 aliphatic heterocycles. The van der Waals surface area contributed by atoms with E-state index in [9.17, 15) is 9.59 Å². The summed E-state index contributed by atoms with van der Waals surface area (Å²) in [7, 11) is 0. The summed E-state index contributed by atoms with van der Waals surface area (Å²) in [6.45, 7) is 2.91. The number of carbonyl (C=O) groups is 2. The first-order valence-corrected chi connectivity index (χ1v) is 9.37. The summed E-state index contributed by atoms with van der Waals surface area (Å²) in [5.74, 6) is -0.234. The van der Waals surface area contributed by atoms with Crippen LogP contribution >= 0.6 is 11.6 Å². The molecule has 1 aliphatic rings. The number of fused-ring (bicyclic) bond motifs is 1. The summed E-state index contributed by atoms with van der Waals surface area (Å²) in [4.78, 5) is 32.9. The number of benzene rings is 2. The Labute approximate surface area is 167 Å². The van der Waals surface area contributed by atoms with Gasteiger partial charge in [0.25, 0.3) is 0 Å². The molecule has 2 heterocycles. The van der Waals surface area contributed by atoms with Crippen LogP contribution in [0.2, 0.25) is 5.02 Å². The maximum atomic E-state index is 12.7. The summed E-state index contributed by atoms with van der Waals surface area (Å²) in [5, 5.41) is 4.42. The molecule has 0 atom stereocenters. The summed E-state index contributed by atoms with van der Waals surface area (Å²) in [5.41, 5.74) is 3.12. The average molecular weight is 395 g/mol. The van der Waals surface area contributed by atoms with Gasteiger partial charge in [-0.1, -0.05) is 29.8 Å². The molecule has 1 saturated heterocycles. The minimum atomic E-state index is -0.234. The van der Waals surface area contributed by atoms with Crippen molar-refractivity contribution in [2.75, 3.05) is 29.9 Å². The number of nitrogens with one attached hydrogen (secondary N) is 1. The number of pyridine rings is 1. The molecule has 7 heteroatoms. The van der Waals surface area contributed by atoms with Crippen LogP contribution in [0, 0.1) is 6.92 Å². The number of hydrogen-bond acceptors (Lipinski definition) is 3. The first kappa shape index (κ1) is 18.3. The number of rotatable bonds is 4. The zero-order chi connectivity index (χ0) is 19.7. The molecule has 0 aliphatic carbocycles.